The third-order valence-corrected chi connectivity index (χ3v) is 8.79. The van der Waals surface area contributed by atoms with E-state index >= 15 is 0 Å². The van der Waals surface area contributed by atoms with E-state index < -0.39 is 5.60 Å². The van der Waals surface area contributed by atoms with Crippen LogP contribution >= 0.6 is 0 Å². The maximum Gasteiger partial charge on any atom is 0.203 e. The highest BCUT2D eigenvalue weighted by atomic mass is 16.4. The molecule has 0 aliphatic heterocycles. The molecule has 0 spiro atoms. The molecule has 25 heavy (non-hydrogen) atoms. The van der Waals surface area contributed by atoms with Crippen LogP contribution in [0.2, 0.25) is 0 Å². The average molecular weight is 345 g/mol. The molecule has 0 radical (unpaired) electrons. The van der Waals surface area contributed by atoms with Gasteiger partial charge in [-0.3, -0.25) is 4.79 Å². The summed E-state index contributed by atoms with van der Waals surface area (Å²) >= 11 is 0. The fourth-order valence-electron chi connectivity index (χ4n) is 7.50. The van der Waals surface area contributed by atoms with Gasteiger partial charge in [-0.1, -0.05) is 31.5 Å². The van der Waals surface area contributed by atoms with E-state index in [1.807, 2.05) is 6.92 Å². The second-order valence-corrected chi connectivity index (χ2v) is 9.92. The molecule has 7 atom stereocenters. The Bertz CT molecular complexity index is 679. The quantitative estimate of drug-likeness (QED) is 0.516. The van der Waals surface area contributed by atoms with Crippen molar-refractivity contribution in [3.05, 3.63) is 11.6 Å². The fourth-order valence-corrected chi connectivity index (χ4v) is 7.50. The molecule has 0 saturated heterocycles. The van der Waals surface area contributed by atoms with Gasteiger partial charge in [0.25, 0.3) is 0 Å². The number of fused-ring (bicyclic) bond motifs is 5. The van der Waals surface area contributed by atoms with Crippen LogP contribution in [0.25, 0.3) is 0 Å². The Hall–Kier alpha value is -1.16. The van der Waals surface area contributed by atoms with Crippen LogP contribution in [0.1, 0.15) is 66.2 Å². The highest BCUT2D eigenvalue weighted by Crippen LogP contribution is 2.68. The van der Waals surface area contributed by atoms with Crippen molar-refractivity contribution in [1.29, 1.82) is 0 Å². The van der Waals surface area contributed by atoms with Crippen molar-refractivity contribution in [2.75, 3.05) is 0 Å². The minimum Gasteiger partial charge on any atom is -0.411 e. The van der Waals surface area contributed by atoms with Crippen molar-refractivity contribution in [1.82, 2.24) is 0 Å². The van der Waals surface area contributed by atoms with E-state index in [-0.39, 0.29) is 16.6 Å². The number of nitrogens with zero attached hydrogens (tertiary/aromatic N) is 1. The van der Waals surface area contributed by atoms with Crippen molar-refractivity contribution in [3.8, 4) is 0 Å². The van der Waals surface area contributed by atoms with Gasteiger partial charge in [-0.15, -0.1) is 0 Å². The number of aliphatic hydroxyl groups is 1. The molecule has 4 heteroatoms. The van der Waals surface area contributed by atoms with Crippen molar-refractivity contribution in [2.24, 2.45) is 39.7 Å². The van der Waals surface area contributed by atoms with Crippen molar-refractivity contribution in [3.63, 3.8) is 0 Å². The van der Waals surface area contributed by atoms with Crippen LogP contribution < -0.4 is 0 Å². The monoisotopic (exact) mass is 345 g/mol. The van der Waals surface area contributed by atoms with E-state index in [0.29, 0.717) is 35.8 Å². The maximum absolute atomic E-state index is 12.2. The van der Waals surface area contributed by atoms with Gasteiger partial charge in [-0.25, -0.2) is 0 Å². The average Bonchev–Trinajstić information content (AvgIpc) is 2.76. The van der Waals surface area contributed by atoms with Gasteiger partial charge in [0.15, 0.2) is 0 Å². The van der Waals surface area contributed by atoms with Crippen LogP contribution in [0.4, 0.5) is 0 Å². The standard InChI is InChI=1S/C21H31NO3/c1-12-10-20(3)15(7-8-21(20,4)24)14-6-5-13-9-17(23)16(22-25)11-19(13,2)18(12)14/h9,12,14-15,18,24-25H,5-8,10-11H2,1-4H3/b22-16-/t12?,14-,15-,18-,19-,20-,21-/m0/s1. The molecular formula is C21H31NO3. The zero-order chi connectivity index (χ0) is 18.2. The van der Waals surface area contributed by atoms with Gasteiger partial charge in [-0.2, -0.15) is 0 Å². The van der Waals surface area contributed by atoms with Crippen LogP contribution in [0.5, 0.6) is 0 Å². The topological polar surface area (TPSA) is 69.9 Å². The number of hydrogen-bond acceptors (Lipinski definition) is 4. The molecule has 0 heterocycles. The van der Waals surface area contributed by atoms with Crippen molar-refractivity contribution >= 4 is 11.5 Å². The fraction of sp³-hybridized carbons (Fsp3) is 0.810. The minimum atomic E-state index is -0.575. The molecule has 0 aromatic rings. The number of oxime groups is 1. The Morgan fingerprint density at radius 1 is 1.24 bits per heavy atom. The Kier molecular flexibility index (Phi) is 3.58. The summed E-state index contributed by atoms with van der Waals surface area (Å²) in [6.07, 6.45) is 7.42. The summed E-state index contributed by atoms with van der Waals surface area (Å²) in [7, 11) is 0. The van der Waals surface area contributed by atoms with Gasteiger partial charge in [-0.05, 0) is 79.6 Å². The Labute approximate surface area is 150 Å². The number of ketones is 1. The predicted molar refractivity (Wildman–Crippen MR) is 96.5 cm³/mol. The summed E-state index contributed by atoms with van der Waals surface area (Å²) in [5.41, 5.74) is 0.892. The lowest BCUT2D eigenvalue weighted by molar-refractivity contribution is -0.137. The number of carbonyl (C=O) groups excluding carboxylic acids is 1. The minimum absolute atomic E-state index is 0.0104. The molecule has 2 N–H and O–H groups in total. The first-order valence-corrected chi connectivity index (χ1v) is 9.83. The lowest BCUT2D eigenvalue weighted by Gasteiger charge is -2.61. The Balaban J connectivity index is 1.77. The van der Waals surface area contributed by atoms with E-state index in [0.717, 1.165) is 32.1 Å². The molecular weight excluding hydrogens is 314 g/mol. The number of hydrogen-bond donors (Lipinski definition) is 2. The molecule has 4 aliphatic carbocycles. The molecule has 4 nitrogen and oxygen atoms in total. The molecule has 138 valence electrons. The second-order valence-electron chi connectivity index (χ2n) is 9.92. The smallest absolute Gasteiger partial charge is 0.203 e. The summed E-state index contributed by atoms with van der Waals surface area (Å²) in [5.74, 6) is 1.99. The summed E-state index contributed by atoms with van der Waals surface area (Å²) < 4.78 is 0. The molecule has 0 aromatic carbocycles. The normalized spacial score (nSPS) is 53.9. The van der Waals surface area contributed by atoms with Crippen LogP contribution in [0.15, 0.2) is 16.8 Å². The van der Waals surface area contributed by atoms with E-state index in [1.54, 1.807) is 6.08 Å². The van der Waals surface area contributed by atoms with Crippen molar-refractivity contribution < 1.29 is 15.1 Å². The molecule has 4 aliphatic rings. The Morgan fingerprint density at radius 2 is 1.96 bits per heavy atom. The van der Waals surface area contributed by atoms with E-state index in [2.05, 4.69) is 25.9 Å². The Morgan fingerprint density at radius 3 is 2.64 bits per heavy atom. The van der Waals surface area contributed by atoms with Crippen LogP contribution in [-0.4, -0.2) is 27.4 Å². The van der Waals surface area contributed by atoms with Gasteiger partial charge in [0, 0.05) is 6.42 Å². The van der Waals surface area contributed by atoms with Gasteiger partial charge < -0.3 is 10.3 Å². The molecule has 4 rings (SSSR count). The van der Waals surface area contributed by atoms with E-state index in [1.165, 1.54) is 5.57 Å². The number of rotatable bonds is 0. The molecule has 0 aromatic heterocycles. The van der Waals surface area contributed by atoms with Gasteiger partial charge in [0.05, 0.1) is 5.60 Å². The highest BCUT2D eigenvalue weighted by Gasteiger charge is 2.64. The van der Waals surface area contributed by atoms with Gasteiger partial charge in [0.2, 0.25) is 5.78 Å². The third kappa shape index (κ3) is 2.09. The first-order valence-electron chi connectivity index (χ1n) is 9.83. The zero-order valence-corrected chi connectivity index (χ0v) is 15.9. The number of carbonyl (C=O) groups is 1. The van der Waals surface area contributed by atoms with Crippen LogP contribution in [0.3, 0.4) is 0 Å². The second kappa shape index (κ2) is 5.18. The molecule has 1 unspecified atom stereocenters. The lowest BCUT2D eigenvalue weighted by atomic mass is 9.44. The summed E-state index contributed by atoms with van der Waals surface area (Å²) in [6, 6.07) is 0. The summed E-state index contributed by atoms with van der Waals surface area (Å²) in [5, 5.41) is 23.7. The summed E-state index contributed by atoms with van der Waals surface area (Å²) in [6.45, 7) is 8.94. The SMILES string of the molecule is CC1C[C@@]2(C)[C@@H](CC[C@]2(C)O)[C@@H]2CCC3=CC(=O)/C(=N\O)C[C@]3(C)[C@@H]12. The lowest BCUT2D eigenvalue weighted by Crippen LogP contribution is -2.57. The van der Waals surface area contributed by atoms with Crippen LogP contribution in [0, 0.1) is 34.5 Å². The predicted octanol–water partition coefficient (Wildman–Crippen LogP) is 3.96. The van der Waals surface area contributed by atoms with E-state index in [9.17, 15) is 15.1 Å². The zero-order valence-electron chi connectivity index (χ0n) is 15.9. The van der Waals surface area contributed by atoms with Gasteiger partial charge in [0.1, 0.15) is 5.71 Å². The maximum atomic E-state index is 12.2. The van der Waals surface area contributed by atoms with Crippen LogP contribution in [-0.2, 0) is 4.79 Å². The third-order valence-electron chi connectivity index (χ3n) is 8.79. The molecule has 0 amide bonds. The molecule has 3 fully saturated rings. The summed E-state index contributed by atoms with van der Waals surface area (Å²) in [4.78, 5) is 12.2. The highest BCUT2D eigenvalue weighted by molar-refractivity contribution is 6.44. The van der Waals surface area contributed by atoms with Gasteiger partial charge >= 0.3 is 0 Å². The largest absolute Gasteiger partial charge is 0.411 e. The van der Waals surface area contributed by atoms with Crippen molar-refractivity contribution in [2.45, 2.75) is 71.8 Å². The number of allylic oxidation sites excluding steroid dienone is 1. The first-order chi connectivity index (χ1) is 11.6. The molecule has 3 saturated carbocycles. The molecule has 0 bridgehead atoms. The van der Waals surface area contributed by atoms with E-state index in [4.69, 9.17) is 0 Å². The first kappa shape index (κ1) is 17.3.